The fourth-order valence-electron chi connectivity index (χ4n) is 2.98. The van der Waals surface area contributed by atoms with Crippen LogP contribution in [0, 0.1) is 5.92 Å². The Bertz CT molecular complexity index is 365. The Kier molecular flexibility index (Phi) is 6.92. The number of carbonyl (C=O) groups is 1. The molecule has 0 aromatic heterocycles. The third-order valence-corrected chi connectivity index (χ3v) is 6.06. The smallest absolute Gasteiger partial charge is 0.331 e. The average molecular weight is 300 g/mol. The van der Waals surface area contributed by atoms with E-state index in [0.29, 0.717) is 17.9 Å². The minimum absolute atomic E-state index is 0.131. The Morgan fingerprint density at radius 2 is 2.15 bits per heavy atom. The van der Waals surface area contributed by atoms with E-state index >= 15 is 0 Å². The van der Waals surface area contributed by atoms with Crippen molar-refractivity contribution in [3.8, 4) is 0 Å². The zero-order chi connectivity index (χ0) is 15.3. The van der Waals surface area contributed by atoms with Gasteiger partial charge in [-0.15, -0.1) is 0 Å². The molecule has 3 atom stereocenters. The second-order valence-corrected chi connectivity index (χ2v) is 9.09. The van der Waals surface area contributed by atoms with Gasteiger partial charge in [-0.25, -0.2) is 4.79 Å². The molecule has 0 aliphatic carbocycles. The van der Waals surface area contributed by atoms with Crippen LogP contribution in [0.3, 0.4) is 0 Å². The van der Waals surface area contributed by atoms with E-state index < -0.39 is 14.8 Å². The third-order valence-electron chi connectivity index (χ3n) is 4.11. The standard InChI is InChI=1S/C15H28O4Si/c1-6-18-11(3)14(10(2)15(16)17)12-7-8-19-13(9-12)20(4)5/h11-13,20H,6-9H2,1-5H3,(H,16,17). The Morgan fingerprint density at radius 3 is 2.65 bits per heavy atom. The molecule has 4 nitrogen and oxygen atoms in total. The Labute approximate surface area is 123 Å². The van der Waals surface area contributed by atoms with Crippen LogP contribution in [0.4, 0.5) is 0 Å². The summed E-state index contributed by atoms with van der Waals surface area (Å²) in [6.07, 6.45) is 1.71. The maximum absolute atomic E-state index is 11.4. The number of aliphatic carboxylic acids is 1. The third kappa shape index (κ3) is 4.43. The summed E-state index contributed by atoms with van der Waals surface area (Å²) in [5, 5.41) is 9.34. The largest absolute Gasteiger partial charge is 0.478 e. The lowest BCUT2D eigenvalue weighted by Crippen LogP contribution is -2.37. The van der Waals surface area contributed by atoms with Crippen LogP contribution in [-0.2, 0) is 14.3 Å². The monoisotopic (exact) mass is 300 g/mol. The molecule has 0 spiro atoms. The average Bonchev–Trinajstić information content (AvgIpc) is 2.39. The highest BCUT2D eigenvalue weighted by atomic mass is 28.3. The zero-order valence-electron chi connectivity index (χ0n) is 13.3. The van der Waals surface area contributed by atoms with Crippen LogP contribution in [0.5, 0.6) is 0 Å². The van der Waals surface area contributed by atoms with Crippen LogP contribution in [-0.4, -0.2) is 44.9 Å². The van der Waals surface area contributed by atoms with Crippen LogP contribution in [0.25, 0.3) is 0 Å². The first-order chi connectivity index (χ1) is 9.38. The lowest BCUT2D eigenvalue weighted by atomic mass is 9.85. The molecule has 1 saturated heterocycles. The van der Waals surface area contributed by atoms with Gasteiger partial charge < -0.3 is 14.6 Å². The highest BCUT2D eigenvalue weighted by Crippen LogP contribution is 2.33. The number of hydrogen-bond donors (Lipinski definition) is 1. The van der Waals surface area contributed by atoms with Crippen LogP contribution >= 0.6 is 0 Å². The van der Waals surface area contributed by atoms with Crippen molar-refractivity contribution in [1.29, 1.82) is 0 Å². The van der Waals surface area contributed by atoms with Gasteiger partial charge >= 0.3 is 5.97 Å². The van der Waals surface area contributed by atoms with Gasteiger partial charge in [-0.05, 0) is 45.1 Å². The second-order valence-electron chi connectivity index (χ2n) is 5.86. The molecule has 0 radical (unpaired) electrons. The Morgan fingerprint density at radius 1 is 1.50 bits per heavy atom. The molecule has 3 unspecified atom stereocenters. The van der Waals surface area contributed by atoms with Crippen LogP contribution in [0.15, 0.2) is 11.1 Å². The number of carboxylic acid groups (broad SMARTS) is 1. The van der Waals surface area contributed by atoms with E-state index in [-0.39, 0.29) is 12.0 Å². The summed E-state index contributed by atoms with van der Waals surface area (Å²) in [5.41, 5.74) is 1.75. The fraction of sp³-hybridized carbons (Fsp3) is 0.800. The van der Waals surface area contributed by atoms with E-state index in [4.69, 9.17) is 9.47 Å². The first kappa shape index (κ1) is 17.4. The molecular formula is C15H28O4Si. The van der Waals surface area contributed by atoms with Gasteiger partial charge in [-0.2, -0.15) is 0 Å². The van der Waals surface area contributed by atoms with Crippen LogP contribution in [0.2, 0.25) is 13.1 Å². The molecule has 1 aliphatic rings. The predicted octanol–water partition coefficient (Wildman–Crippen LogP) is 2.63. The molecule has 0 aromatic carbocycles. The highest BCUT2D eigenvalue weighted by molar-refractivity contribution is 6.57. The highest BCUT2D eigenvalue weighted by Gasteiger charge is 2.32. The minimum atomic E-state index is -0.868. The molecule has 0 bridgehead atoms. The van der Waals surface area contributed by atoms with Gasteiger partial charge in [0.1, 0.15) is 0 Å². The van der Waals surface area contributed by atoms with Gasteiger partial charge in [0, 0.05) is 24.5 Å². The summed E-state index contributed by atoms with van der Waals surface area (Å²) in [4.78, 5) is 11.4. The molecule has 0 amide bonds. The molecular weight excluding hydrogens is 272 g/mol. The van der Waals surface area contributed by atoms with Crippen LogP contribution < -0.4 is 0 Å². The first-order valence-corrected chi connectivity index (χ1v) is 10.5. The summed E-state index contributed by atoms with van der Waals surface area (Å²) in [6.45, 7) is 11.5. The maximum atomic E-state index is 11.4. The van der Waals surface area contributed by atoms with Gasteiger partial charge in [0.2, 0.25) is 0 Å². The second kappa shape index (κ2) is 7.95. The van der Waals surface area contributed by atoms with Crippen LogP contribution in [0.1, 0.15) is 33.6 Å². The molecule has 0 aromatic rings. The van der Waals surface area contributed by atoms with Crippen molar-refractivity contribution in [3.05, 3.63) is 11.1 Å². The predicted molar refractivity (Wildman–Crippen MR) is 82.8 cm³/mol. The minimum Gasteiger partial charge on any atom is -0.478 e. The van der Waals surface area contributed by atoms with Gasteiger partial charge in [0.05, 0.1) is 14.9 Å². The quantitative estimate of drug-likeness (QED) is 0.605. The topological polar surface area (TPSA) is 55.8 Å². The van der Waals surface area contributed by atoms with E-state index in [9.17, 15) is 9.90 Å². The summed E-state index contributed by atoms with van der Waals surface area (Å²) in [7, 11) is -0.868. The molecule has 0 saturated carbocycles. The fourth-order valence-corrected chi connectivity index (χ4v) is 4.38. The van der Waals surface area contributed by atoms with Crippen molar-refractivity contribution in [2.75, 3.05) is 13.2 Å². The van der Waals surface area contributed by atoms with Gasteiger partial charge in [-0.3, -0.25) is 0 Å². The van der Waals surface area contributed by atoms with Crippen molar-refractivity contribution in [2.24, 2.45) is 5.92 Å². The van der Waals surface area contributed by atoms with Crippen molar-refractivity contribution in [1.82, 2.24) is 0 Å². The number of ether oxygens (including phenoxy) is 2. The van der Waals surface area contributed by atoms with E-state index in [2.05, 4.69) is 13.1 Å². The Balaban J connectivity index is 2.99. The van der Waals surface area contributed by atoms with E-state index in [1.807, 2.05) is 13.8 Å². The van der Waals surface area contributed by atoms with Gasteiger partial charge in [-0.1, -0.05) is 13.1 Å². The first-order valence-electron chi connectivity index (χ1n) is 7.55. The van der Waals surface area contributed by atoms with Crippen molar-refractivity contribution in [3.63, 3.8) is 0 Å². The maximum Gasteiger partial charge on any atom is 0.331 e. The number of carboxylic acids is 1. The number of rotatable bonds is 6. The van der Waals surface area contributed by atoms with E-state index in [0.717, 1.165) is 25.0 Å². The van der Waals surface area contributed by atoms with Crippen molar-refractivity contribution >= 4 is 14.8 Å². The van der Waals surface area contributed by atoms with Crippen molar-refractivity contribution in [2.45, 2.75) is 58.5 Å². The lowest BCUT2D eigenvalue weighted by molar-refractivity contribution is -0.132. The van der Waals surface area contributed by atoms with Crippen molar-refractivity contribution < 1.29 is 19.4 Å². The summed E-state index contributed by atoms with van der Waals surface area (Å²) < 4.78 is 11.5. The molecule has 1 fully saturated rings. The lowest BCUT2D eigenvalue weighted by Gasteiger charge is -2.35. The SMILES string of the molecule is CCOC(C)C(=C(C)C(=O)O)C1CCOC([SiH](C)C)C1. The molecule has 1 N–H and O–H groups in total. The van der Waals surface area contributed by atoms with Gasteiger partial charge in [0.15, 0.2) is 0 Å². The summed E-state index contributed by atoms with van der Waals surface area (Å²) >= 11 is 0. The van der Waals surface area contributed by atoms with Gasteiger partial charge in [0.25, 0.3) is 0 Å². The molecule has 1 heterocycles. The number of hydrogen-bond acceptors (Lipinski definition) is 3. The molecule has 1 rings (SSSR count). The molecule has 116 valence electrons. The zero-order valence-corrected chi connectivity index (χ0v) is 14.5. The van der Waals surface area contributed by atoms with E-state index in [1.54, 1.807) is 6.92 Å². The molecule has 1 aliphatic heterocycles. The summed E-state index contributed by atoms with van der Waals surface area (Å²) in [5.74, 6) is -0.558. The molecule has 5 heteroatoms. The Hall–Kier alpha value is -0.653. The molecule has 20 heavy (non-hydrogen) atoms. The van der Waals surface area contributed by atoms with E-state index in [1.165, 1.54) is 0 Å². The normalized spacial score (nSPS) is 26.3. The summed E-state index contributed by atoms with van der Waals surface area (Å²) in [6, 6.07) is 0.